The van der Waals surface area contributed by atoms with Crippen molar-refractivity contribution in [3.05, 3.63) is 41.2 Å². The first-order valence-corrected chi connectivity index (χ1v) is 12.4. The highest BCUT2D eigenvalue weighted by Gasteiger charge is 2.41. The van der Waals surface area contributed by atoms with Crippen LogP contribution in [0.25, 0.3) is 0 Å². The molecule has 1 saturated heterocycles. The number of aromatic nitrogens is 2. The van der Waals surface area contributed by atoms with Crippen molar-refractivity contribution < 1.29 is 19.0 Å². The molecule has 0 radical (unpaired) electrons. The Morgan fingerprint density at radius 2 is 2.00 bits per heavy atom. The van der Waals surface area contributed by atoms with Crippen LogP contribution in [0, 0.1) is 29.1 Å². The molecule has 1 aliphatic carbocycles. The van der Waals surface area contributed by atoms with E-state index in [-0.39, 0.29) is 29.8 Å². The van der Waals surface area contributed by atoms with Crippen molar-refractivity contribution >= 4 is 29.1 Å². The highest BCUT2D eigenvalue weighted by molar-refractivity contribution is 6.33. The molecule has 0 amide bonds. The topological polar surface area (TPSA) is 106 Å². The number of nitrogens with zero attached hydrogens (tertiary/aromatic N) is 3. The maximum atomic E-state index is 12.8. The number of hydrogen-bond donors (Lipinski definition) is 1. The van der Waals surface area contributed by atoms with Crippen molar-refractivity contribution in [2.24, 2.45) is 17.8 Å². The molecule has 2 aromatic rings. The quantitative estimate of drug-likeness (QED) is 0.554. The van der Waals surface area contributed by atoms with Crippen LogP contribution in [-0.2, 0) is 14.3 Å². The van der Waals surface area contributed by atoms with Crippen LogP contribution in [-0.4, -0.2) is 40.9 Å². The second-order valence-corrected chi connectivity index (χ2v) is 10.6. The van der Waals surface area contributed by atoms with Gasteiger partial charge < -0.3 is 19.5 Å². The second kappa shape index (κ2) is 10.8. The predicted octanol–water partition coefficient (Wildman–Crippen LogP) is 5.29. The molecule has 1 N–H and O–H groups in total. The fraction of sp³-hybridized carbons (Fsp3) is 0.538. The Morgan fingerprint density at radius 1 is 1.20 bits per heavy atom. The molecule has 1 saturated carbocycles. The van der Waals surface area contributed by atoms with Gasteiger partial charge in [-0.3, -0.25) is 4.79 Å². The number of benzene rings is 1. The maximum Gasteiger partial charge on any atom is 0.309 e. The summed E-state index contributed by atoms with van der Waals surface area (Å²) in [5.41, 5.74) is 0.602. The third kappa shape index (κ3) is 6.62. The van der Waals surface area contributed by atoms with Gasteiger partial charge in [0.1, 0.15) is 23.9 Å². The van der Waals surface area contributed by atoms with Gasteiger partial charge in [0.15, 0.2) is 0 Å². The first-order chi connectivity index (χ1) is 16.7. The van der Waals surface area contributed by atoms with Gasteiger partial charge in [-0.05, 0) is 58.2 Å². The summed E-state index contributed by atoms with van der Waals surface area (Å²) >= 11 is 6.29. The Labute approximate surface area is 211 Å². The van der Waals surface area contributed by atoms with Gasteiger partial charge >= 0.3 is 5.97 Å². The maximum absolute atomic E-state index is 12.8. The molecule has 4 unspecified atom stereocenters. The molecular weight excluding hydrogens is 468 g/mol. The van der Waals surface area contributed by atoms with Crippen LogP contribution < -0.4 is 10.1 Å². The molecule has 2 bridgehead atoms. The highest BCUT2D eigenvalue weighted by Crippen LogP contribution is 2.37. The van der Waals surface area contributed by atoms with E-state index in [9.17, 15) is 4.79 Å². The van der Waals surface area contributed by atoms with Crippen molar-refractivity contribution in [2.75, 3.05) is 18.5 Å². The van der Waals surface area contributed by atoms with Gasteiger partial charge in [0.25, 0.3) is 0 Å². The minimum atomic E-state index is -0.511. The van der Waals surface area contributed by atoms with E-state index in [1.54, 1.807) is 24.3 Å². The van der Waals surface area contributed by atoms with E-state index in [4.69, 9.17) is 31.1 Å². The van der Waals surface area contributed by atoms with Gasteiger partial charge in [0.05, 0.1) is 41.5 Å². The number of nitrogens with one attached hydrogen (secondary N) is 1. The third-order valence-electron chi connectivity index (χ3n) is 6.31. The second-order valence-electron chi connectivity index (χ2n) is 10.2. The minimum absolute atomic E-state index is 0.0610. The van der Waals surface area contributed by atoms with E-state index in [0.717, 1.165) is 19.3 Å². The fourth-order valence-corrected chi connectivity index (χ4v) is 4.96. The molecular formula is C26H31ClN4O4. The van der Waals surface area contributed by atoms with Crippen molar-refractivity contribution in [1.29, 1.82) is 5.26 Å². The molecule has 1 aromatic carbocycles. The first-order valence-electron chi connectivity index (χ1n) is 12.0. The molecule has 186 valence electrons. The third-order valence-corrected chi connectivity index (χ3v) is 6.62. The number of fused-ring (bicyclic) bond motifs is 2. The Kier molecular flexibility index (Phi) is 7.78. The average molecular weight is 499 g/mol. The lowest BCUT2D eigenvalue weighted by atomic mass is 9.76. The van der Waals surface area contributed by atoms with E-state index in [0.29, 0.717) is 47.6 Å². The van der Waals surface area contributed by atoms with E-state index in [2.05, 4.69) is 21.4 Å². The lowest BCUT2D eigenvalue weighted by molar-refractivity contribution is -0.163. The molecule has 4 rings (SSSR count). The normalized spacial score (nSPS) is 24.4. The zero-order valence-electron chi connectivity index (χ0n) is 20.3. The van der Waals surface area contributed by atoms with Crippen LogP contribution in [0.2, 0.25) is 5.02 Å². The van der Waals surface area contributed by atoms with E-state index >= 15 is 0 Å². The lowest BCUT2D eigenvalue weighted by Gasteiger charge is -2.41. The number of carbonyl (C=O) groups excluding carboxylic acids is 1. The largest absolute Gasteiger partial charge is 0.473 e. The summed E-state index contributed by atoms with van der Waals surface area (Å²) in [5.74, 6) is 0.949. The number of ether oxygens (including phenoxy) is 3. The zero-order valence-corrected chi connectivity index (χ0v) is 21.0. The smallest absolute Gasteiger partial charge is 0.309 e. The molecule has 8 nitrogen and oxygen atoms in total. The summed E-state index contributed by atoms with van der Waals surface area (Å²) in [7, 11) is 0. The number of hydrogen-bond acceptors (Lipinski definition) is 8. The van der Waals surface area contributed by atoms with Gasteiger partial charge in [-0.1, -0.05) is 18.0 Å². The molecule has 1 aromatic heterocycles. The number of halogens is 1. The Balaban J connectivity index is 1.48. The van der Waals surface area contributed by atoms with Crippen molar-refractivity contribution in [3.8, 4) is 11.9 Å². The highest BCUT2D eigenvalue weighted by atomic mass is 35.5. The van der Waals surface area contributed by atoms with Crippen molar-refractivity contribution in [2.45, 2.75) is 58.2 Å². The predicted molar refractivity (Wildman–Crippen MR) is 131 cm³/mol. The van der Waals surface area contributed by atoms with E-state index < -0.39 is 5.60 Å². The van der Waals surface area contributed by atoms with Crippen LogP contribution in [0.5, 0.6) is 5.88 Å². The summed E-state index contributed by atoms with van der Waals surface area (Å²) < 4.78 is 18.0. The summed E-state index contributed by atoms with van der Waals surface area (Å²) in [5, 5.41) is 12.6. The Hall–Kier alpha value is -2.89. The van der Waals surface area contributed by atoms with Crippen LogP contribution in [0.1, 0.15) is 52.0 Å². The number of rotatable bonds is 5. The first kappa shape index (κ1) is 25.2. The number of carbonyl (C=O) groups is 1. The van der Waals surface area contributed by atoms with Gasteiger partial charge in [-0.25, -0.2) is 9.97 Å². The van der Waals surface area contributed by atoms with Gasteiger partial charge in [-0.2, -0.15) is 5.26 Å². The standard InChI is InChI=1S/C26H31ClN4O4/c1-26(2,3)35-25(32)17-5-4-6-18-13-33-14-19(10-17)24(18)34-23-11-22(29-15-30-23)31-21-8-7-16(12-28)9-20(21)27/h7-9,11,15,17-19,24H,4-6,10,13-14H2,1-3H3,(H,29,30,31). The van der Waals surface area contributed by atoms with Crippen LogP contribution in [0.4, 0.5) is 11.5 Å². The molecule has 1 aliphatic heterocycles. The van der Waals surface area contributed by atoms with Crippen molar-refractivity contribution in [3.63, 3.8) is 0 Å². The summed E-state index contributed by atoms with van der Waals surface area (Å²) in [4.78, 5) is 21.4. The SMILES string of the molecule is CC(C)(C)OC(=O)C1CCCC2COCC(C1)C2Oc1cc(Nc2ccc(C#N)cc2Cl)ncn1. The number of esters is 1. The summed E-state index contributed by atoms with van der Waals surface area (Å²) in [6.45, 7) is 6.86. The Bertz CT molecular complexity index is 1100. The Morgan fingerprint density at radius 3 is 2.74 bits per heavy atom. The van der Waals surface area contributed by atoms with Crippen LogP contribution in [0.3, 0.4) is 0 Å². The summed E-state index contributed by atoms with van der Waals surface area (Å²) in [6.07, 6.45) is 4.63. The monoisotopic (exact) mass is 498 g/mol. The molecule has 2 aliphatic rings. The van der Waals surface area contributed by atoms with Gasteiger partial charge in [-0.15, -0.1) is 0 Å². The molecule has 4 atom stereocenters. The van der Waals surface area contributed by atoms with Crippen molar-refractivity contribution in [1.82, 2.24) is 9.97 Å². The number of nitriles is 1. The molecule has 9 heteroatoms. The molecule has 2 fully saturated rings. The van der Waals surface area contributed by atoms with Gasteiger partial charge in [0, 0.05) is 17.9 Å². The minimum Gasteiger partial charge on any atom is -0.473 e. The average Bonchev–Trinajstić information content (AvgIpc) is 2.80. The summed E-state index contributed by atoms with van der Waals surface area (Å²) in [6, 6.07) is 8.81. The van der Waals surface area contributed by atoms with Crippen LogP contribution in [0.15, 0.2) is 30.6 Å². The fourth-order valence-electron chi connectivity index (χ4n) is 4.73. The van der Waals surface area contributed by atoms with E-state index in [1.165, 1.54) is 6.33 Å². The lowest BCUT2D eigenvalue weighted by Crippen LogP contribution is -2.46. The van der Waals surface area contributed by atoms with E-state index in [1.807, 2.05) is 20.8 Å². The molecule has 0 spiro atoms. The zero-order chi connectivity index (χ0) is 25.0. The molecule has 2 heterocycles. The van der Waals surface area contributed by atoms with Crippen LogP contribution >= 0.6 is 11.6 Å². The van der Waals surface area contributed by atoms with Gasteiger partial charge in [0.2, 0.25) is 5.88 Å². The number of anilines is 2. The molecule has 35 heavy (non-hydrogen) atoms.